The number of aliphatic hydroxyl groups is 2. The Labute approximate surface area is 390 Å². The van der Waals surface area contributed by atoms with Gasteiger partial charge in [-0.1, -0.05) is 242 Å². The van der Waals surface area contributed by atoms with Crippen LogP contribution >= 0.6 is 0 Å². The zero-order valence-electron chi connectivity index (χ0n) is 41.7. The molecule has 0 radical (unpaired) electrons. The van der Waals surface area contributed by atoms with Gasteiger partial charge in [-0.3, -0.25) is 9.59 Å². The fourth-order valence-electron chi connectivity index (χ4n) is 8.05. The van der Waals surface area contributed by atoms with Gasteiger partial charge < -0.3 is 20.3 Å². The van der Waals surface area contributed by atoms with Crippen LogP contribution in [-0.4, -0.2) is 46.9 Å². The minimum absolute atomic E-state index is 0.0651. The predicted molar refractivity (Wildman–Crippen MR) is 273 cm³/mol. The molecule has 63 heavy (non-hydrogen) atoms. The molecular formula is C57H103NO5. The molecular weight excluding hydrogens is 779 g/mol. The number of aliphatic hydroxyl groups excluding tert-OH is 2. The van der Waals surface area contributed by atoms with E-state index in [0.29, 0.717) is 19.3 Å². The van der Waals surface area contributed by atoms with Gasteiger partial charge in [0.25, 0.3) is 0 Å². The van der Waals surface area contributed by atoms with Gasteiger partial charge in [0.15, 0.2) is 0 Å². The van der Waals surface area contributed by atoms with Gasteiger partial charge in [0, 0.05) is 6.42 Å². The monoisotopic (exact) mass is 882 g/mol. The van der Waals surface area contributed by atoms with Crippen molar-refractivity contribution >= 4 is 11.9 Å². The van der Waals surface area contributed by atoms with Crippen molar-refractivity contribution in [1.29, 1.82) is 0 Å². The highest BCUT2D eigenvalue weighted by Gasteiger charge is 2.24. The summed E-state index contributed by atoms with van der Waals surface area (Å²) in [5.41, 5.74) is 0. The van der Waals surface area contributed by atoms with Crippen molar-refractivity contribution in [3.63, 3.8) is 0 Å². The van der Waals surface area contributed by atoms with Crippen LogP contribution in [0.25, 0.3) is 0 Å². The maximum absolute atomic E-state index is 13.2. The number of unbranched alkanes of at least 4 members (excludes halogenated alkanes) is 26. The summed E-state index contributed by atoms with van der Waals surface area (Å²) >= 11 is 0. The first-order chi connectivity index (χ1) is 31.0. The maximum Gasteiger partial charge on any atom is 0.306 e. The number of carbonyl (C=O) groups excluding carboxylic acids is 2. The minimum atomic E-state index is -0.793. The summed E-state index contributed by atoms with van der Waals surface area (Å²) in [6.45, 7) is 6.37. The van der Waals surface area contributed by atoms with E-state index in [2.05, 4.69) is 86.8 Å². The van der Waals surface area contributed by atoms with Gasteiger partial charge in [0.1, 0.15) is 6.10 Å². The Bertz CT molecular complexity index is 1130. The lowest BCUT2D eigenvalue weighted by molar-refractivity contribution is -0.151. The summed E-state index contributed by atoms with van der Waals surface area (Å²) in [7, 11) is 0. The van der Waals surface area contributed by atoms with Crippen molar-refractivity contribution in [3.8, 4) is 0 Å². The molecule has 0 bridgehead atoms. The number of esters is 1. The number of allylic oxidation sites excluding steroid dienone is 10. The molecule has 0 aromatic heterocycles. The quantitative estimate of drug-likeness (QED) is 0.0321. The summed E-state index contributed by atoms with van der Waals surface area (Å²) in [6, 6.07) is -0.708. The van der Waals surface area contributed by atoms with Gasteiger partial charge in [-0.05, 0) is 70.6 Å². The average Bonchev–Trinajstić information content (AvgIpc) is 3.28. The molecule has 0 aliphatic carbocycles. The standard InChI is InChI=1S/C57H103NO5/c1-4-7-10-13-16-19-22-24-26-27-28-29-30-32-35-38-41-44-47-50-57(62)63-53(48-45-42-39-36-33-21-18-15-12-9-6-3)51-56(61)58-54(52-59)55(60)49-46-43-40-37-34-31-25-23-20-17-14-11-8-5-2/h7,10,16,19,24,26,28-29,32,35,53-55,59-60H,4-6,8-9,11-15,17-18,20-23,25,27,30-31,33-34,36-52H2,1-3H3,(H,58,61)/b10-7-,19-16-,26-24-,29-28-,35-32-. The van der Waals surface area contributed by atoms with Gasteiger partial charge >= 0.3 is 5.97 Å². The minimum Gasteiger partial charge on any atom is -0.462 e. The molecule has 0 rings (SSSR count). The molecule has 0 aliphatic heterocycles. The topological polar surface area (TPSA) is 95.9 Å². The first kappa shape index (κ1) is 60.6. The van der Waals surface area contributed by atoms with Gasteiger partial charge in [-0.15, -0.1) is 0 Å². The van der Waals surface area contributed by atoms with Gasteiger partial charge in [0.2, 0.25) is 5.91 Å². The number of ether oxygens (including phenoxy) is 1. The number of carbonyl (C=O) groups is 2. The van der Waals surface area contributed by atoms with Crippen molar-refractivity contribution < 1.29 is 24.5 Å². The Morgan fingerprint density at radius 2 is 0.857 bits per heavy atom. The van der Waals surface area contributed by atoms with E-state index in [0.717, 1.165) is 96.3 Å². The van der Waals surface area contributed by atoms with Crippen LogP contribution in [0.5, 0.6) is 0 Å². The molecule has 0 saturated carbocycles. The van der Waals surface area contributed by atoms with E-state index in [4.69, 9.17) is 4.74 Å². The van der Waals surface area contributed by atoms with E-state index in [9.17, 15) is 19.8 Å². The van der Waals surface area contributed by atoms with Crippen LogP contribution in [0.2, 0.25) is 0 Å². The van der Waals surface area contributed by atoms with Crippen molar-refractivity contribution in [2.45, 2.75) is 283 Å². The molecule has 0 aromatic carbocycles. The summed E-state index contributed by atoms with van der Waals surface area (Å²) in [4.78, 5) is 26.2. The largest absolute Gasteiger partial charge is 0.462 e. The second-order valence-electron chi connectivity index (χ2n) is 18.3. The fourth-order valence-corrected chi connectivity index (χ4v) is 8.05. The average molecular weight is 882 g/mol. The SMILES string of the molecule is CC/C=C\C/C=C\C/C=C\C/C=C\C/C=C\CCCCCC(=O)OC(CCCCCCCCCCCCC)CC(=O)NC(CO)C(O)CCCCCCCCCCCCCCCC. The van der Waals surface area contributed by atoms with Crippen LogP contribution in [-0.2, 0) is 14.3 Å². The lowest BCUT2D eigenvalue weighted by Crippen LogP contribution is -2.46. The first-order valence-electron chi connectivity index (χ1n) is 27.0. The van der Waals surface area contributed by atoms with Crippen molar-refractivity contribution in [2.75, 3.05) is 6.61 Å². The smallest absolute Gasteiger partial charge is 0.306 e. The van der Waals surface area contributed by atoms with E-state index >= 15 is 0 Å². The van der Waals surface area contributed by atoms with Crippen LogP contribution < -0.4 is 5.32 Å². The lowest BCUT2D eigenvalue weighted by atomic mass is 10.0. The summed E-state index contributed by atoms with van der Waals surface area (Å²) in [6.07, 6.45) is 62.8. The second-order valence-corrected chi connectivity index (χ2v) is 18.3. The maximum atomic E-state index is 13.2. The molecule has 0 aliphatic rings. The van der Waals surface area contributed by atoms with Crippen molar-refractivity contribution in [2.24, 2.45) is 0 Å². The molecule has 366 valence electrons. The number of hydrogen-bond donors (Lipinski definition) is 3. The lowest BCUT2D eigenvalue weighted by Gasteiger charge is -2.24. The van der Waals surface area contributed by atoms with Gasteiger partial charge in [-0.2, -0.15) is 0 Å². The molecule has 3 atom stereocenters. The molecule has 6 nitrogen and oxygen atoms in total. The highest BCUT2D eigenvalue weighted by atomic mass is 16.5. The first-order valence-corrected chi connectivity index (χ1v) is 27.0. The van der Waals surface area contributed by atoms with E-state index < -0.39 is 18.2 Å². The van der Waals surface area contributed by atoms with Crippen LogP contribution in [0.3, 0.4) is 0 Å². The number of amides is 1. The fraction of sp³-hybridized carbons (Fsp3) is 0.789. The molecule has 0 fully saturated rings. The highest BCUT2D eigenvalue weighted by Crippen LogP contribution is 2.18. The van der Waals surface area contributed by atoms with Crippen LogP contribution in [0.4, 0.5) is 0 Å². The Kier molecular flexibility index (Phi) is 48.6. The van der Waals surface area contributed by atoms with Crippen LogP contribution in [0.15, 0.2) is 60.8 Å². The number of nitrogens with one attached hydrogen (secondary N) is 1. The zero-order chi connectivity index (χ0) is 45.9. The third-order valence-corrected chi connectivity index (χ3v) is 12.1. The number of hydrogen-bond acceptors (Lipinski definition) is 5. The molecule has 1 amide bonds. The molecule has 0 saturated heterocycles. The second kappa shape index (κ2) is 50.6. The summed E-state index contributed by atoms with van der Waals surface area (Å²) in [5, 5.41) is 23.8. The van der Waals surface area contributed by atoms with Crippen molar-refractivity contribution in [1.82, 2.24) is 5.32 Å². The summed E-state index contributed by atoms with van der Waals surface area (Å²) in [5.74, 6) is -0.505. The van der Waals surface area contributed by atoms with E-state index in [1.54, 1.807) is 0 Å². The van der Waals surface area contributed by atoms with Crippen LogP contribution in [0.1, 0.15) is 265 Å². The number of rotatable bonds is 48. The zero-order valence-corrected chi connectivity index (χ0v) is 41.7. The van der Waals surface area contributed by atoms with Gasteiger partial charge in [-0.25, -0.2) is 0 Å². The predicted octanol–water partition coefficient (Wildman–Crippen LogP) is 16.4. The molecule has 3 N–H and O–H groups in total. The van der Waals surface area contributed by atoms with E-state index in [1.807, 2.05) is 0 Å². The van der Waals surface area contributed by atoms with E-state index in [1.165, 1.54) is 122 Å². The van der Waals surface area contributed by atoms with Crippen molar-refractivity contribution in [3.05, 3.63) is 60.8 Å². The molecule has 0 heterocycles. The van der Waals surface area contributed by atoms with Gasteiger partial charge in [0.05, 0.1) is 25.2 Å². The third kappa shape index (κ3) is 45.9. The Balaban J connectivity index is 4.55. The molecule has 0 aromatic rings. The molecule has 6 heteroatoms. The Hall–Kier alpha value is -2.44. The normalized spacial score (nSPS) is 13.7. The third-order valence-electron chi connectivity index (χ3n) is 12.1. The Morgan fingerprint density at radius 1 is 0.476 bits per heavy atom. The Morgan fingerprint density at radius 3 is 1.29 bits per heavy atom. The summed E-state index contributed by atoms with van der Waals surface area (Å²) < 4.78 is 5.93. The van der Waals surface area contributed by atoms with E-state index in [-0.39, 0.29) is 24.9 Å². The highest BCUT2D eigenvalue weighted by molar-refractivity contribution is 5.77. The molecule has 0 spiro atoms. The van der Waals surface area contributed by atoms with Crippen LogP contribution in [0, 0.1) is 0 Å². The molecule has 3 unspecified atom stereocenters.